The predicted molar refractivity (Wildman–Crippen MR) is 98.5 cm³/mol. The van der Waals surface area contributed by atoms with E-state index in [1.54, 1.807) is 4.90 Å². The third kappa shape index (κ3) is 4.28. The molecule has 1 N–H and O–H groups in total. The van der Waals surface area contributed by atoms with Gasteiger partial charge in [0.2, 0.25) is 5.95 Å². The normalized spacial score (nSPS) is 10.6. The van der Waals surface area contributed by atoms with Crippen molar-refractivity contribution < 1.29 is 18.0 Å². The lowest BCUT2D eigenvalue weighted by molar-refractivity contribution is 0.0751. The van der Waals surface area contributed by atoms with Crippen LogP contribution >= 0.6 is 0 Å². The van der Waals surface area contributed by atoms with E-state index in [0.717, 1.165) is 17.7 Å². The average Bonchev–Trinajstić information content (AvgIpc) is 2.73. The molecule has 3 aromatic rings. The van der Waals surface area contributed by atoms with Crippen LogP contribution in [0.3, 0.4) is 0 Å². The predicted octanol–water partition coefficient (Wildman–Crippen LogP) is 4.30. The summed E-state index contributed by atoms with van der Waals surface area (Å²) in [5.74, 6) is -4.55. The fraction of sp³-hybridized carbons (Fsp3) is 0.150. The number of aromatic nitrogens is 2. The number of nitrogens with zero attached hydrogens (tertiary/aromatic N) is 3. The summed E-state index contributed by atoms with van der Waals surface area (Å²) < 4.78 is 40.0. The van der Waals surface area contributed by atoms with E-state index in [4.69, 9.17) is 0 Å². The second kappa shape index (κ2) is 8.51. The van der Waals surface area contributed by atoms with Gasteiger partial charge in [0, 0.05) is 25.5 Å². The first-order valence-corrected chi connectivity index (χ1v) is 8.55. The molecule has 0 radical (unpaired) electrons. The summed E-state index contributed by atoms with van der Waals surface area (Å²) in [6.07, 6.45) is 2.59. The quantitative estimate of drug-likeness (QED) is 0.642. The number of anilines is 2. The van der Waals surface area contributed by atoms with Crippen LogP contribution in [0.5, 0.6) is 0 Å². The Balaban J connectivity index is 1.72. The van der Waals surface area contributed by atoms with Crippen molar-refractivity contribution in [2.45, 2.75) is 13.5 Å². The maximum Gasteiger partial charge on any atom is 0.257 e. The number of benzene rings is 2. The second-order valence-corrected chi connectivity index (χ2v) is 5.95. The first-order chi connectivity index (χ1) is 13.5. The Kier molecular flexibility index (Phi) is 5.88. The van der Waals surface area contributed by atoms with Crippen molar-refractivity contribution in [3.05, 3.63) is 83.4 Å². The van der Waals surface area contributed by atoms with Gasteiger partial charge in [-0.05, 0) is 24.6 Å². The molecule has 0 atom stereocenters. The Labute approximate surface area is 159 Å². The van der Waals surface area contributed by atoms with Gasteiger partial charge in [0.05, 0.1) is 11.3 Å². The summed E-state index contributed by atoms with van der Waals surface area (Å²) in [4.78, 5) is 22.2. The molecule has 1 aromatic heterocycles. The standard InChI is InChI=1S/C20H17F3N4O/c1-2-27(12-13-6-4-3-5-7-13)19(28)14-10-24-20(25-11-14)26-16-9-8-15(21)17(22)18(16)23/h3-11H,2,12H2,1H3,(H,24,25,26). The van der Waals surface area contributed by atoms with Crippen molar-refractivity contribution in [2.75, 3.05) is 11.9 Å². The zero-order chi connectivity index (χ0) is 20.1. The first kappa shape index (κ1) is 19.3. The Morgan fingerprint density at radius 1 is 1.00 bits per heavy atom. The van der Waals surface area contributed by atoms with Crippen LogP contribution in [0, 0.1) is 17.5 Å². The number of carbonyl (C=O) groups is 1. The largest absolute Gasteiger partial charge is 0.335 e. The third-order valence-corrected chi connectivity index (χ3v) is 4.07. The highest BCUT2D eigenvalue weighted by molar-refractivity contribution is 5.93. The van der Waals surface area contributed by atoms with Crippen LogP contribution in [0.15, 0.2) is 54.9 Å². The number of halogens is 3. The van der Waals surface area contributed by atoms with Gasteiger partial charge in [-0.25, -0.2) is 23.1 Å². The van der Waals surface area contributed by atoms with Crippen LogP contribution in [-0.4, -0.2) is 27.3 Å². The molecule has 0 aliphatic heterocycles. The van der Waals surface area contributed by atoms with Gasteiger partial charge in [-0.1, -0.05) is 30.3 Å². The van der Waals surface area contributed by atoms with Gasteiger partial charge in [-0.2, -0.15) is 0 Å². The molecule has 8 heteroatoms. The molecule has 0 saturated carbocycles. The van der Waals surface area contributed by atoms with Crippen LogP contribution in [0.4, 0.5) is 24.8 Å². The molecule has 0 spiro atoms. The van der Waals surface area contributed by atoms with E-state index >= 15 is 0 Å². The molecule has 144 valence electrons. The first-order valence-electron chi connectivity index (χ1n) is 8.55. The molecule has 3 rings (SSSR count). The van der Waals surface area contributed by atoms with Crippen LogP contribution in [0.25, 0.3) is 0 Å². The lowest BCUT2D eigenvalue weighted by Crippen LogP contribution is -2.30. The van der Waals surface area contributed by atoms with Crippen LogP contribution in [0.1, 0.15) is 22.8 Å². The zero-order valence-electron chi connectivity index (χ0n) is 15.0. The lowest BCUT2D eigenvalue weighted by Gasteiger charge is -2.20. The summed E-state index contributed by atoms with van der Waals surface area (Å²) in [5, 5.41) is 2.46. The summed E-state index contributed by atoms with van der Waals surface area (Å²) in [6, 6.07) is 11.4. The van der Waals surface area contributed by atoms with Crippen molar-refractivity contribution in [3.8, 4) is 0 Å². The summed E-state index contributed by atoms with van der Waals surface area (Å²) in [5.41, 5.74) is 0.942. The topological polar surface area (TPSA) is 58.1 Å². The lowest BCUT2D eigenvalue weighted by atomic mass is 10.2. The molecule has 0 aliphatic rings. The molecule has 1 heterocycles. The van der Waals surface area contributed by atoms with Crippen LogP contribution < -0.4 is 5.32 Å². The molecule has 28 heavy (non-hydrogen) atoms. The number of hydrogen-bond donors (Lipinski definition) is 1. The minimum atomic E-state index is -1.59. The van der Waals surface area contributed by atoms with Gasteiger partial charge >= 0.3 is 0 Å². The fourth-order valence-electron chi connectivity index (χ4n) is 2.56. The van der Waals surface area contributed by atoms with Gasteiger partial charge in [-0.3, -0.25) is 4.79 Å². The molecular weight excluding hydrogens is 369 g/mol. The van der Waals surface area contributed by atoms with E-state index in [0.29, 0.717) is 13.1 Å². The van der Waals surface area contributed by atoms with Crippen molar-refractivity contribution in [1.82, 2.24) is 14.9 Å². The highest BCUT2D eigenvalue weighted by atomic mass is 19.2. The maximum absolute atomic E-state index is 13.7. The van der Waals surface area contributed by atoms with Gasteiger partial charge in [0.25, 0.3) is 5.91 Å². The summed E-state index contributed by atoms with van der Waals surface area (Å²) in [7, 11) is 0. The van der Waals surface area contributed by atoms with Crippen LogP contribution in [0.2, 0.25) is 0 Å². The van der Waals surface area contributed by atoms with Gasteiger partial charge in [-0.15, -0.1) is 0 Å². The molecular formula is C20H17F3N4O. The van der Waals surface area contributed by atoms with Crippen molar-refractivity contribution in [3.63, 3.8) is 0 Å². The van der Waals surface area contributed by atoms with Gasteiger partial charge < -0.3 is 10.2 Å². The highest BCUT2D eigenvalue weighted by Crippen LogP contribution is 2.22. The number of carbonyl (C=O) groups excluding carboxylic acids is 1. The maximum atomic E-state index is 13.7. The van der Waals surface area contributed by atoms with Gasteiger partial charge in [0.1, 0.15) is 0 Å². The van der Waals surface area contributed by atoms with E-state index < -0.39 is 17.5 Å². The smallest absolute Gasteiger partial charge is 0.257 e. The summed E-state index contributed by atoms with van der Waals surface area (Å²) in [6.45, 7) is 2.80. The number of hydrogen-bond acceptors (Lipinski definition) is 4. The SMILES string of the molecule is CCN(Cc1ccccc1)C(=O)c1cnc(Nc2ccc(F)c(F)c2F)nc1. The molecule has 0 saturated heterocycles. The van der Waals surface area contributed by atoms with Gasteiger partial charge in [0.15, 0.2) is 17.5 Å². The van der Waals surface area contributed by atoms with Crippen molar-refractivity contribution in [2.24, 2.45) is 0 Å². The van der Waals surface area contributed by atoms with Crippen molar-refractivity contribution in [1.29, 1.82) is 0 Å². The molecule has 2 aromatic carbocycles. The van der Waals surface area contributed by atoms with Crippen molar-refractivity contribution >= 4 is 17.5 Å². The van der Waals surface area contributed by atoms with Crippen LogP contribution in [-0.2, 0) is 6.54 Å². The van der Waals surface area contributed by atoms with E-state index in [9.17, 15) is 18.0 Å². The Morgan fingerprint density at radius 2 is 1.68 bits per heavy atom. The van der Waals surface area contributed by atoms with E-state index in [1.165, 1.54) is 12.4 Å². The molecule has 0 bridgehead atoms. The number of nitrogens with one attached hydrogen (secondary N) is 1. The number of amides is 1. The monoisotopic (exact) mass is 386 g/mol. The minimum Gasteiger partial charge on any atom is -0.335 e. The molecule has 0 fully saturated rings. The Morgan fingerprint density at radius 3 is 2.32 bits per heavy atom. The second-order valence-electron chi connectivity index (χ2n) is 5.95. The van der Waals surface area contributed by atoms with E-state index in [1.807, 2.05) is 37.3 Å². The average molecular weight is 386 g/mol. The molecule has 0 aliphatic carbocycles. The zero-order valence-corrected chi connectivity index (χ0v) is 15.0. The Bertz CT molecular complexity index is 965. The van der Waals surface area contributed by atoms with E-state index in [-0.39, 0.29) is 23.1 Å². The number of rotatable bonds is 6. The fourth-order valence-corrected chi connectivity index (χ4v) is 2.56. The highest BCUT2D eigenvalue weighted by Gasteiger charge is 2.17. The molecule has 5 nitrogen and oxygen atoms in total. The van der Waals surface area contributed by atoms with E-state index in [2.05, 4.69) is 15.3 Å². The third-order valence-electron chi connectivity index (χ3n) is 4.07. The molecule has 1 amide bonds. The minimum absolute atomic E-state index is 0.0485. The Hall–Kier alpha value is -3.42. The summed E-state index contributed by atoms with van der Waals surface area (Å²) >= 11 is 0. The molecule has 0 unspecified atom stereocenters.